The van der Waals surface area contributed by atoms with Gasteiger partial charge in [-0.25, -0.2) is 0 Å². The molecule has 1 heteroatoms. The third kappa shape index (κ3) is 11.2. The summed E-state index contributed by atoms with van der Waals surface area (Å²) in [6.07, 6.45) is 21.2. The quantitative estimate of drug-likeness (QED) is 0.233. The Morgan fingerprint density at radius 1 is 1.21 bits per heavy atom. The lowest BCUT2D eigenvalue weighted by Gasteiger charge is -2.26. The maximum atomic E-state index is 10.8. The average Bonchev–Trinajstić information content (AvgIpc) is 2.63. The van der Waals surface area contributed by atoms with Crippen LogP contribution in [0, 0.1) is 11.8 Å². The van der Waals surface area contributed by atoms with Gasteiger partial charge < -0.3 is 5.11 Å². The van der Waals surface area contributed by atoms with E-state index in [1.807, 2.05) is 6.92 Å². The fourth-order valence-electron chi connectivity index (χ4n) is 4.12. The Morgan fingerprint density at radius 3 is 2.64 bits per heavy atom. The second-order valence-electron chi connectivity index (χ2n) is 9.92. The number of unbranched alkanes of at least 4 members (excludes halogenated alkanes) is 2. The monoisotopic (exact) mass is 388 g/mol. The molecule has 1 aliphatic carbocycles. The highest BCUT2D eigenvalue weighted by atomic mass is 16.3. The third-order valence-corrected chi connectivity index (χ3v) is 6.65. The van der Waals surface area contributed by atoms with E-state index in [0.29, 0.717) is 5.92 Å². The molecule has 3 atom stereocenters. The van der Waals surface area contributed by atoms with Crippen LogP contribution in [-0.4, -0.2) is 10.7 Å². The summed E-state index contributed by atoms with van der Waals surface area (Å²) in [5.74, 6) is 1.42. The first kappa shape index (κ1) is 25.2. The van der Waals surface area contributed by atoms with E-state index in [-0.39, 0.29) is 0 Å². The van der Waals surface area contributed by atoms with Crippen LogP contribution in [-0.2, 0) is 0 Å². The summed E-state index contributed by atoms with van der Waals surface area (Å²) in [6.45, 7) is 13.5. The number of hydrogen-bond acceptors (Lipinski definition) is 1. The first-order valence-corrected chi connectivity index (χ1v) is 12.0. The largest absolute Gasteiger partial charge is 0.390 e. The fourth-order valence-corrected chi connectivity index (χ4v) is 4.12. The fraction of sp³-hybridized carbons (Fsp3) is 0.778. The lowest BCUT2D eigenvalue weighted by Crippen LogP contribution is -2.24. The molecule has 0 amide bonds. The molecule has 0 heterocycles. The molecule has 28 heavy (non-hydrogen) atoms. The van der Waals surface area contributed by atoms with Gasteiger partial charge in [0.25, 0.3) is 0 Å². The molecule has 0 aromatic rings. The number of allylic oxidation sites excluding steroid dienone is 6. The first-order valence-electron chi connectivity index (χ1n) is 12.0. The number of rotatable bonds is 14. The predicted molar refractivity (Wildman–Crippen MR) is 126 cm³/mol. The lowest BCUT2D eigenvalue weighted by molar-refractivity contribution is 0.0384. The van der Waals surface area contributed by atoms with E-state index in [9.17, 15) is 5.11 Å². The molecular weight excluding hydrogens is 340 g/mol. The predicted octanol–water partition coefficient (Wildman–Crippen LogP) is 8.54. The molecule has 3 unspecified atom stereocenters. The Morgan fingerprint density at radius 2 is 1.96 bits per heavy atom. The molecule has 0 bridgehead atoms. The van der Waals surface area contributed by atoms with E-state index >= 15 is 0 Å². The van der Waals surface area contributed by atoms with E-state index in [1.54, 1.807) is 5.57 Å². The van der Waals surface area contributed by atoms with Crippen molar-refractivity contribution in [3.63, 3.8) is 0 Å². The van der Waals surface area contributed by atoms with Gasteiger partial charge in [0.2, 0.25) is 0 Å². The van der Waals surface area contributed by atoms with Crippen molar-refractivity contribution in [2.45, 2.75) is 124 Å². The smallest absolute Gasteiger partial charge is 0.0622 e. The van der Waals surface area contributed by atoms with Gasteiger partial charge in [-0.2, -0.15) is 0 Å². The summed E-state index contributed by atoms with van der Waals surface area (Å²) in [6, 6.07) is 0. The topological polar surface area (TPSA) is 20.2 Å². The second-order valence-corrected chi connectivity index (χ2v) is 9.92. The van der Waals surface area contributed by atoms with E-state index in [2.05, 4.69) is 52.8 Å². The van der Waals surface area contributed by atoms with E-state index in [4.69, 9.17) is 0 Å². The van der Waals surface area contributed by atoms with Crippen molar-refractivity contribution >= 4 is 0 Å². The molecule has 1 rings (SSSR count). The number of aliphatic hydroxyl groups is 1. The lowest BCUT2D eigenvalue weighted by atomic mass is 9.84. The SMILES string of the molecule is CCCCC/C(C)=C/CCC(C)CCCC(C)(O)CCC1=CC=C(C)C(C)C1. The summed E-state index contributed by atoms with van der Waals surface area (Å²) >= 11 is 0. The zero-order valence-corrected chi connectivity index (χ0v) is 19.8. The zero-order valence-electron chi connectivity index (χ0n) is 19.8. The minimum atomic E-state index is -0.518. The van der Waals surface area contributed by atoms with E-state index in [0.717, 1.165) is 31.6 Å². The highest BCUT2D eigenvalue weighted by Gasteiger charge is 2.21. The summed E-state index contributed by atoms with van der Waals surface area (Å²) in [5.41, 5.74) is 4.04. The maximum Gasteiger partial charge on any atom is 0.0622 e. The van der Waals surface area contributed by atoms with Crippen LogP contribution in [0.15, 0.2) is 34.9 Å². The van der Waals surface area contributed by atoms with Crippen LogP contribution in [0.1, 0.15) is 119 Å². The molecule has 1 nitrogen and oxygen atoms in total. The Bertz CT molecular complexity index is 520. The van der Waals surface area contributed by atoms with Gasteiger partial charge in [-0.05, 0) is 84.0 Å². The molecule has 0 radical (unpaired) electrons. The standard InChI is InChI=1S/C27H48O/c1-7-8-9-12-22(2)13-10-14-23(3)15-11-19-27(6,28)20-18-26-17-16-24(4)25(5)21-26/h13,16-17,23,25,28H,7-12,14-15,18-21H2,1-6H3/b22-13+. The first-order chi connectivity index (χ1) is 13.2. The van der Waals surface area contributed by atoms with E-state index < -0.39 is 5.60 Å². The minimum absolute atomic E-state index is 0.518. The Hall–Kier alpha value is -0.820. The van der Waals surface area contributed by atoms with Crippen molar-refractivity contribution in [1.29, 1.82) is 0 Å². The van der Waals surface area contributed by atoms with Crippen molar-refractivity contribution in [1.82, 2.24) is 0 Å². The van der Waals surface area contributed by atoms with Gasteiger partial charge in [0.15, 0.2) is 0 Å². The molecule has 1 N–H and O–H groups in total. The summed E-state index contributed by atoms with van der Waals surface area (Å²) in [5, 5.41) is 10.8. The highest BCUT2D eigenvalue weighted by Crippen LogP contribution is 2.30. The van der Waals surface area contributed by atoms with Crippen LogP contribution in [0.5, 0.6) is 0 Å². The molecule has 1 aliphatic rings. The molecule has 0 saturated heterocycles. The van der Waals surface area contributed by atoms with Crippen LogP contribution in [0.3, 0.4) is 0 Å². The van der Waals surface area contributed by atoms with Crippen LogP contribution in [0.2, 0.25) is 0 Å². The minimum Gasteiger partial charge on any atom is -0.390 e. The van der Waals surface area contributed by atoms with Crippen LogP contribution in [0.4, 0.5) is 0 Å². The van der Waals surface area contributed by atoms with Gasteiger partial charge in [-0.3, -0.25) is 0 Å². The van der Waals surface area contributed by atoms with Gasteiger partial charge in [-0.1, -0.05) is 81.4 Å². The summed E-state index contributed by atoms with van der Waals surface area (Å²) in [4.78, 5) is 0. The molecule has 0 saturated carbocycles. The molecular formula is C27H48O. The Balaban J connectivity index is 2.20. The van der Waals surface area contributed by atoms with Crippen LogP contribution in [0.25, 0.3) is 0 Å². The zero-order chi connectivity index (χ0) is 21.0. The van der Waals surface area contributed by atoms with Crippen molar-refractivity contribution in [3.05, 3.63) is 34.9 Å². The molecule has 162 valence electrons. The molecule has 0 aromatic heterocycles. The summed E-state index contributed by atoms with van der Waals surface area (Å²) < 4.78 is 0. The summed E-state index contributed by atoms with van der Waals surface area (Å²) in [7, 11) is 0. The van der Waals surface area contributed by atoms with Crippen molar-refractivity contribution in [3.8, 4) is 0 Å². The van der Waals surface area contributed by atoms with Crippen LogP contribution < -0.4 is 0 Å². The van der Waals surface area contributed by atoms with Crippen molar-refractivity contribution in [2.75, 3.05) is 0 Å². The van der Waals surface area contributed by atoms with Gasteiger partial charge >= 0.3 is 0 Å². The molecule has 0 fully saturated rings. The second kappa shape index (κ2) is 13.4. The Kier molecular flexibility index (Phi) is 12.1. The maximum absolute atomic E-state index is 10.8. The molecule has 0 aromatic carbocycles. The number of hydrogen-bond donors (Lipinski definition) is 1. The van der Waals surface area contributed by atoms with Gasteiger partial charge in [0.05, 0.1) is 5.60 Å². The van der Waals surface area contributed by atoms with Gasteiger partial charge in [0.1, 0.15) is 0 Å². The Labute approximate surface area is 176 Å². The third-order valence-electron chi connectivity index (χ3n) is 6.65. The average molecular weight is 389 g/mol. The van der Waals surface area contributed by atoms with Gasteiger partial charge in [0, 0.05) is 0 Å². The normalized spacial score (nSPS) is 21.1. The van der Waals surface area contributed by atoms with Crippen molar-refractivity contribution in [2.24, 2.45) is 11.8 Å². The van der Waals surface area contributed by atoms with Crippen LogP contribution >= 0.6 is 0 Å². The van der Waals surface area contributed by atoms with Gasteiger partial charge in [-0.15, -0.1) is 0 Å². The van der Waals surface area contributed by atoms with E-state index in [1.165, 1.54) is 62.5 Å². The van der Waals surface area contributed by atoms with Crippen molar-refractivity contribution < 1.29 is 5.11 Å². The molecule has 0 spiro atoms. The highest BCUT2D eigenvalue weighted by molar-refractivity contribution is 5.25. The molecule has 0 aliphatic heterocycles.